The molecule has 2 aromatic rings. The Hall–Kier alpha value is -2.24. The van der Waals surface area contributed by atoms with Crippen molar-refractivity contribution in [3.63, 3.8) is 0 Å². The first kappa shape index (κ1) is 22.1. The molecule has 28 heavy (non-hydrogen) atoms. The van der Waals surface area contributed by atoms with Crippen LogP contribution in [0, 0.1) is 0 Å². The Kier molecular flexibility index (Phi) is 8.15. The number of hydrogen-bond donors (Lipinski definition) is 2. The van der Waals surface area contributed by atoms with E-state index in [-0.39, 0.29) is 30.4 Å². The lowest BCUT2D eigenvalue weighted by Gasteiger charge is -2.36. The van der Waals surface area contributed by atoms with Crippen molar-refractivity contribution in [3.8, 4) is 5.75 Å². The van der Waals surface area contributed by atoms with E-state index in [4.69, 9.17) is 10.5 Å². The van der Waals surface area contributed by atoms with E-state index >= 15 is 0 Å². The first-order valence-electron chi connectivity index (χ1n) is 9.71. The van der Waals surface area contributed by atoms with Gasteiger partial charge in [0.2, 0.25) is 0 Å². The molecule has 6 heteroatoms. The molecule has 3 rings (SSSR count). The number of anilines is 2. The number of nitrogens with two attached hydrogens (primary N) is 1. The summed E-state index contributed by atoms with van der Waals surface area (Å²) in [5.74, 6) is 0.675. The molecule has 1 amide bonds. The fourth-order valence-corrected chi connectivity index (χ4v) is 3.89. The van der Waals surface area contributed by atoms with Crippen molar-refractivity contribution in [3.05, 3.63) is 54.1 Å². The van der Waals surface area contributed by atoms with E-state index in [1.807, 2.05) is 41.3 Å². The van der Waals surface area contributed by atoms with Crippen LogP contribution in [0.15, 0.2) is 48.5 Å². The summed E-state index contributed by atoms with van der Waals surface area (Å²) in [5, 5.41) is 3.58. The van der Waals surface area contributed by atoms with Crippen LogP contribution in [0.2, 0.25) is 0 Å². The Morgan fingerprint density at radius 3 is 2.71 bits per heavy atom. The molecule has 0 saturated carbocycles. The number of hydrogen-bond acceptors (Lipinski definition) is 4. The molecule has 1 fully saturated rings. The van der Waals surface area contributed by atoms with Crippen LogP contribution < -0.4 is 20.7 Å². The normalized spacial score (nSPS) is 16.9. The molecular formula is C22H30ClN3O2. The van der Waals surface area contributed by atoms with E-state index in [1.165, 1.54) is 0 Å². The van der Waals surface area contributed by atoms with Crippen LogP contribution in [-0.4, -0.2) is 31.6 Å². The van der Waals surface area contributed by atoms with Gasteiger partial charge in [0.1, 0.15) is 5.75 Å². The highest BCUT2D eigenvalue weighted by Gasteiger charge is 2.34. The van der Waals surface area contributed by atoms with Crippen LogP contribution in [-0.2, 0) is 0 Å². The van der Waals surface area contributed by atoms with Gasteiger partial charge < -0.3 is 20.7 Å². The zero-order valence-corrected chi connectivity index (χ0v) is 17.4. The van der Waals surface area contributed by atoms with Crippen LogP contribution in [0.5, 0.6) is 5.75 Å². The van der Waals surface area contributed by atoms with Gasteiger partial charge in [-0.2, -0.15) is 0 Å². The van der Waals surface area contributed by atoms with Gasteiger partial charge in [-0.25, -0.2) is 0 Å². The maximum Gasteiger partial charge on any atom is 0.260 e. The van der Waals surface area contributed by atoms with Gasteiger partial charge in [-0.3, -0.25) is 4.79 Å². The average Bonchev–Trinajstić information content (AvgIpc) is 3.22. The summed E-state index contributed by atoms with van der Waals surface area (Å²) in [6.45, 7) is 3.16. The van der Waals surface area contributed by atoms with Crippen LogP contribution in [0.3, 0.4) is 0 Å². The molecule has 2 aromatic carbocycles. The number of benzene rings is 2. The predicted molar refractivity (Wildman–Crippen MR) is 118 cm³/mol. The van der Waals surface area contributed by atoms with E-state index in [9.17, 15) is 4.79 Å². The van der Waals surface area contributed by atoms with Gasteiger partial charge in [0, 0.05) is 23.5 Å². The minimum Gasteiger partial charge on any atom is -0.497 e. The molecule has 1 saturated heterocycles. The second-order valence-corrected chi connectivity index (χ2v) is 7.02. The van der Waals surface area contributed by atoms with Crippen molar-refractivity contribution in [1.29, 1.82) is 0 Å². The molecule has 5 nitrogen and oxygen atoms in total. The monoisotopic (exact) mass is 403 g/mol. The summed E-state index contributed by atoms with van der Waals surface area (Å²) in [6.07, 6.45) is 4.13. The first-order valence-corrected chi connectivity index (χ1v) is 9.71. The summed E-state index contributed by atoms with van der Waals surface area (Å²) >= 11 is 0. The number of nitrogens with zero attached hydrogens (tertiary/aromatic N) is 1. The third-order valence-electron chi connectivity index (χ3n) is 5.22. The van der Waals surface area contributed by atoms with E-state index in [0.717, 1.165) is 43.7 Å². The molecule has 1 heterocycles. The molecule has 2 unspecified atom stereocenters. The molecule has 1 aliphatic rings. The maximum atomic E-state index is 13.6. The molecule has 1 aliphatic heterocycles. The second kappa shape index (κ2) is 10.3. The van der Waals surface area contributed by atoms with E-state index in [0.29, 0.717) is 11.3 Å². The van der Waals surface area contributed by atoms with Crippen LogP contribution in [0.25, 0.3) is 0 Å². The van der Waals surface area contributed by atoms with Gasteiger partial charge >= 0.3 is 0 Å². The lowest BCUT2D eigenvalue weighted by molar-refractivity contribution is 0.0970. The maximum absolute atomic E-state index is 13.6. The molecule has 0 aromatic heterocycles. The SMILES string of the molecule is CCCC(C1CCCN1)N(C(=O)c1ccccc1N)c1cccc(OC)c1.Cl. The van der Waals surface area contributed by atoms with Crippen molar-refractivity contribution in [1.82, 2.24) is 5.32 Å². The van der Waals surface area contributed by atoms with Crippen LogP contribution in [0.4, 0.5) is 11.4 Å². The number of nitrogens with one attached hydrogen (secondary N) is 1. The number of carbonyl (C=O) groups excluding carboxylic acids is 1. The summed E-state index contributed by atoms with van der Waals surface area (Å²) in [5.41, 5.74) is 8.02. The number of nitrogen functional groups attached to an aromatic ring is 1. The van der Waals surface area contributed by atoms with Crippen molar-refractivity contribution < 1.29 is 9.53 Å². The summed E-state index contributed by atoms with van der Waals surface area (Å²) < 4.78 is 5.40. The van der Waals surface area contributed by atoms with E-state index in [1.54, 1.807) is 19.2 Å². The van der Waals surface area contributed by atoms with E-state index < -0.39 is 0 Å². The highest BCUT2D eigenvalue weighted by molar-refractivity contribution is 6.09. The summed E-state index contributed by atoms with van der Waals surface area (Å²) in [4.78, 5) is 15.5. The zero-order valence-electron chi connectivity index (χ0n) is 16.6. The minimum absolute atomic E-state index is 0. The molecule has 0 bridgehead atoms. The van der Waals surface area contributed by atoms with Crippen molar-refractivity contribution in [2.75, 3.05) is 24.3 Å². The van der Waals surface area contributed by atoms with Gasteiger partial charge in [-0.1, -0.05) is 31.5 Å². The fourth-order valence-electron chi connectivity index (χ4n) is 3.89. The van der Waals surface area contributed by atoms with E-state index in [2.05, 4.69) is 12.2 Å². The molecule has 2 atom stereocenters. The standard InChI is InChI=1S/C22H29N3O2.ClH/c1-3-8-21(20-13-7-14-24-20)25(16-9-6-10-17(15-16)27-2)22(26)18-11-4-5-12-19(18)23;/h4-6,9-12,15,20-21,24H,3,7-8,13-14,23H2,1-2H3;1H. The smallest absolute Gasteiger partial charge is 0.260 e. The average molecular weight is 404 g/mol. The largest absolute Gasteiger partial charge is 0.497 e. The van der Waals surface area contributed by atoms with Gasteiger partial charge in [0.05, 0.1) is 18.7 Å². The van der Waals surface area contributed by atoms with Gasteiger partial charge in [-0.15, -0.1) is 12.4 Å². The minimum atomic E-state index is -0.0616. The lowest BCUT2D eigenvalue weighted by Crippen LogP contribution is -2.50. The number of carbonyl (C=O) groups is 1. The van der Waals surface area contributed by atoms with Crippen molar-refractivity contribution >= 4 is 29.7 Å². The molecule has 0 radical (unpaired) electrons. The fraction of sp³-hybridized carbons (Fsp3) is 0.409. The Balaban J connectivity index is 0.00000280. The van der Waals surface area contributed by atoms with Gasteiger partial charge in [-0.05, 0) is 50.1 Å². The first-order chi connectivity index (χ1) is 13.2. The third-order valence-corrected chi connectivity index (χ3v) is 5.22. The topological polar surface area (TPSA) is 67.6 Å². The van der Waals surface area contributed by atoms with Crippen LogP contribution in [0.1, 0.15) is 43.0 Å². The Bertz CT molecular complexity index is 778. The lowest BCUT2D eigenvalue weighted by atomic mass is 9.97. The number of methoxy groups -OCH3 is 1. The molecule has 0 aliphatic carbocycles. The number of amides is 1. The molecule has 3 N–H and O–H groups in total. The molecule has 0 spiro atoms. The highest BCUT2D eigenvalue weighted by Crippen LogP contribution is 2.30. The van der Waals surface area contributed by atoms with Crippen molar-refractivity contribution in [2.24, 2.45) is 0 Å². The third kappa shape index (κ3) is 4.78. The Morgan fingerprint density at radius 2 is 2.07 bits per heavy atom. The quantitative estimate of drug-likeness (QED) is 0.677. The Morgan fingerprint density at radius 1 is 1.29 bits per heavy atom. The molecule has 152 valence electrons. The van der Waals surface area contributed by atoms with Gasteiger partial charge in [0.15, 0.2) is 0 Å². The highest BCUT2D eigenvalue weighted by atomic mass is 35.5. The summed E-state index contributed by atoms with van der Waals surface area (Å²) in [6, 6.07) is 15.3. The van der Waals surface area contributed by atoms with Crippen LogP contribution >= 0.6 is 12.4 Å². The second-order valence-electron chi connectivity index (χ2n) is 7.02. The predicted octanol–water partition coefficient (Wildman–Crippen LogP) is 4.27. The number of rotatable bonds is 7. The number of ether oxygens (including phenoxy) is 1. The number of halogens is 1. The zero-order chi connectivity index (χ0) is 19.2. The molecular weight excluding hydrogens is 374 g/mol. The van der Waals surface area contributed by atoms with Gasteiger partial charge in [0.25, 0.3) is 5.91 Å². The Labute approximate surface area is 173 Å². The number of para-hydroxylation sites is 1. The summed E-state index contributed by atoms with van der Waals surface area (Å²) in [7, 11) is 1.64. The van der Waals surface area contributed by atoms with Crippen molar-refractivity contribution in [2.45, 2.75) is 44.7 Å².